The highest BCUT2D eigenvalue weighted by atomic mass is 32.2. The number of furan rings is 1. The molecule has 4 aromatic rings. The molecule has 0 unspecified atom stereocenters. The van der Waals surface area contributed by atoms with Crippen molar-refractivity contribution in [2.45, 2.75) is 4.90 Å². The molecule has 4 rings (SSSR count). The van der Waals surface area contributed by atoms with Gasteiger partial charge >= 0.3 is 5.97 Å². The lowest BCUT2D eigenvalue weighted by Crippen LogP contribution is -2.15. The van der Waals surface area contributed by atoms with E-state index >= 15 is 0 Å². The van der Waals surface area contributed by atoms with Crippen LogP contribution in [0.25, 0.3) is 22.6 Å². The summed E-state index contributed by atoms with van der Waals surface area (Å²) < 4.78 is 37.0. The number of esters is 1. The number of anilines is 1. The fraction of sp³-hybridized carbons (Fsp3) is 0.0667. The quantitative estimate of drug-likeness (QED) is 0.502. The van der Waals surface area contributed by atoms with E-state index in [4.69, 9.17) is 10.2 Å². The number of aromatic nitrogens is 4. The van der Waals surface area contributed by atoms with E-state index in [2.05, 4.69) is 19.7 Å². The summed E-state index contributed by atoms with van der Waals surface area (Å²) in [5, 5.41) is 1.48. The van der Waals surface area contributed by atoms with E-state index in [1.807, 2.05) is 0 Å². The predicted octanol–water partition coefficient (Wildman–Crippen LogP) is 1.75. The average molecular weight is 405 g/mol. The number of fused-ring (bicyclic) bond motifs is 1. The van der Waals surface area contributed by atoms with Crippen LogP contribution in [0.4, 0.5) is 5.95 Å². The maximum absolute atomic E-state index is 13.1. The number of hydrogen-bond acceptors (Lipinski definition) is 10. The van der Waals surface area contributed by atoms with Gasteiger partial charge in [0.1, 0.15) is 27.3 Å². The fourth-order valence-corrected chi connectivity index (χ4v) is 5.05. The average Bonchev–Trinajstić information content (AvgIpc) is 3.39. The first-order chi connectivity index (χ1) is 12.9. The van der Waals surface area contributed by atoms with Crippen LogP contribution in [0.15, 0.2) is 45.5 Å². The lowest BCUT2D eigenvalue weighted by atomic mass is 10.3. The highest BCUT2D eigenvalue weighted by Crippen LogP contribution is 2.30. The van der Waals surface area contributed by atoms with Crippen LogP contribution >= 0.6 is 11.3 Å². The number of rotatable bonds is 4. The summed E-state index contributed by atoms with van der Waals surface area (Å²) in [6.07, 6.45) is 2.53. The van der Waals surface area contributed by atoms with Crippen LogP contribution in [-0.4, -0.2) is 40.4 Å². The van der Waals surface area contributed by atoms with Gasteiger partial charge in [-0.25, -0.2) is 27.2 Å². The van der Waals surface area contributed by atoms with E-state index < -0.39 is 16.0 Å². The molecule has 10 nitrogen and oxygen atoms in total. The van der Waals surface area contributed by atoms with Crippen LogP contribution < -0.4 is 5.73 Å². The Morgan fingerprint density at radius 3 is 2.85 bits per heavy atom. The molecule has 0 aromatic carbocycles. The first-order valence-electron chi connectivity index (χ1n) is 7.39. The summed E-state index contributed by atoms with van der Waals surface area (Å²) in [4.78, 5) is 23.8. The van der Waals surface area contributed by atoms with Crippen molar-refractivity contribution < 1.29 is 22.4 Å². The second kappa shape index (κ2) is 6.17. The number of carbonyl (C=O) groups excluding carboxylic acids is 1. The molecular formula is C15H11N5O5S2. The van der Waals surface area contributed by atoms with Gasteiger partial charge < -0.3 is 14.9 Å². The minimum atomic E-state index is -4.18. The van der Waals surface area contributed by atoms with E-state index in [0.717, 1.165) is 21.6 Å². The molecule has 0 radical (unpaired) electrons. The molecule has 27 heavy (non-hydrogen) atoms. The Bertz CT molecular complexity index is 1260. The second-order valence-corrected chi connectivity index (χ2v) is 7.93. The number of nitrogen functional groups attached to an aromatic ring is 1. The van der Waals surface area contributed by atoms with Crippen LogP contribution in [0, 0.1) is 0 Å². The topological polar surface area (TPSA) is 143 Å². The molecule has 0 bridgehead atoms. The number of carbonyl (C=O) groups is 1. The Labute approximate surface area is 156 Å². The van der Waals surface area contributed by atoms with E-state index in [1.165, 1.54) is 24.8 Å². The van der Waals surface area contributed by atoms with Crippen LogP contribution in [0.1, 0.15) is 9.67 Å². The molecule has 4 heterocycles. The third-order valence-corrected chi connectivity index (χ3v) is 6.38. The van der Waals surface area contributed by atoms with Crippen molar-refractivity contribution >= 4 is 44.4 Å². The monoisotopic (exact) mass is 405 g/mol. The molecule has 0 saturated heterocycles. The zero-order valence-electron chi connectivity index (χ0n) is 13.7. The maximum Gasteiger partial charge on any atom is 0.349 e. The highest BCUT2D eigenvalue weighted by molar-refractivity contribution is 7.90. The highest BCUT2D eigenvalue weighted by Gasteiger charge is 2.29. The van der Waals surface area contributed by atoms with Gasteiger partial charge in [-0.05, 0) is 23.6 Å². The SMILES string of the molecule is COC(=O)c1sccc1S(=O)(=O)n1cnc2c(-c3ccco3)nc(N)nc21. The van der Waals surface area contributed by atoms with Gasteiger partial charge in [0, 0.05) is 0 Å². The molecule has 0 aliphatic rings. The molecule has 2 N–H and O–H groups in total. The van der Waals surface area contributed by atoms with Gasteiger partial charge in [-0.1, -0.05) is 0 Å². The van der Waals surface area contributed by atoms with E-state index in [0.29, 0.717) is 5.76 Å². The fourth-order valence-electron chi connectivity index (χ4n) is 2.51. The second-order valence-electron chi connectivity index (χ2n) is 5.23. The Kier molecular flexibility index (Phi) is 3.93. The minimum Gasteiger partial charge on any atom is -0.465 e. The Morgan fingerprint density at radius 2 is 2.15 bits per heavy atom. The summed E-state index contributed by atoms with van der Waals surface area (Å²) >= 11 is 0.956. The van der Waals surface area contributed by atoms with Crippen molar-refractivity contribution in [2.75, 3.05) is 12.8 Å². The maximum atomic E-state index is 13.1. The van der Waals surface area contributed by atoms with Gasteiger partial charge in [-0.3, -0.25) is 0 Å². The number of ether oxygens (including phenoxy) is 1. The van der Waals surface area contributed by atoms with Gasteiger partial charge in [0.2, 0.25) is 5.95 Å². The third kappa shape index (κ3) is 2.65. The molecule has 0 atom stereocenters. The number of thiophene rings is 1. The number of methoxy groups -OCH3 is 1. The molecule has 0 aliphatic carbocycles. The van der Waals surface area contributed by atoms with Gasteiger partial charge in [0.25, 0.3) is 10.0 Å². The molecule has 138 valence electrons. The standard InChI is InChI=1S/C15H11N5O5S2/c1-24-14(21)12-9(4-6-26-12)27(22,23)20-7-17-11-10(8-3-2-5-25-8)18-15(16)19-13(11)20/h2-7H,1H3,(H2,16,18,19). The van der Waals surface area contributed by atoms with E-state index in [1.54, 1.807) is 12.1 Å². The first kappa shape index (κ1) is 17.2. The zero-order valence-corrected chi connectivity index (χ0v) is 15.3. The van der Waals surface area contributed by atoms with Crippen LogP contribution in [0.2, 0.25) is 0 Å². The molecule has 0 fully saturated rings. The molecule has 0 saturated carbocycles. The molecule has 0 spiro atoms. The van der Waals surface area contributed by atoms with Crippen molar-refractivity contribution in [2.24, 2.45) is 0 Å². The molecule has 4 aromatic heterocycles. The Morgan fingerprint density at radius 1 is 1.33 bits per heavy atom. The molecular weight excluding hydrogens is 394 g/mol. The summed E-state index contributed by atoms with van der Waals surface area (Å²) in [6, 6.07) is 4.61. The van der Waals surface area contributed by atoms with Crippen molar-refractivity contribution in [3.8, 4) is 11.5 Å². The zero-order chi connectivity index (χ0) is 19.2. The van der Waals surface area contributed by atoms with Crippen LogP contribution in [0.3, 0.4) is 0 Å². The van der Waals surface area contributed by atoms with Crippen molar-refractivity contribution in [3.05, 3.63) is 41.0 Å². The lowest BCUT2D eigenvalue weighted by molar-refractivity contribution is 0.0602. The van der Waals surface area contributed by atoms with Crippen molar-refractivity contribution in [1.82, 2.24) is 18.9 Å². The summed E-state index contributed by atoms with van der Waals surface area (Å²) in [7, 11) is -3.00. The van der Waals surface area contributed by atoms with Crippen molar-refractivity contribution in [1.29, 1.82) is 0 Å². The molecule has 0 amide bonds. The van der Waals surface area contributed by atoms with Crippen LogP contribution in [0.5, 0.6) is 0 Å². The number of imidazole rings is 1. The number of nitrogens with two attached hydrogens (primary N) is 1. The van der Waals surface area contributed by atoms with E-state index in [9.17, 15) is 13.2 Å². The number of hydrogen-bond donors (Lipinski definition) is 1. The van der Waals surface area contributed by atoms with Crippen LogP contribution in [-0.2, 0) is 14.8 Å². The predicted molar refractivity (Wildman–Crippen MR) is 95.7 cm³/mol. The van der Waals surface area contributed by atoms with Gasteiger partial charge in [-0.2, -0.15) is 4.98 Å². The van der Waals surface area contributed by atoms with E-state index in [-0.39, 0.29) is 32.6 Å². The summed E-state index contributed by atoms with van der Waals surface area (Å²) in [5.74, 6) is -0.537. The Hall–Kier alpha value is -3.25. The van der Waals surface area contributed by atoms with Gasteiger partial charge in [0.15, 0.2) is 11.4 Å². The number of nitrogens with zero attached hydrogens (tertiary/aromatic N) is 4. The largest absolute Gasteiger partial charge is 0.465 e. The first-order valence-corrected chi connectivity index (χ1v) is 9.71. The lowest BCUT2D eigenvalue weighted by Gasteiger charge is -2.07. The minimum absolute atomic E-state index is 0.0316. The summed E-state index contributed by atoms with van der Waals surface area (Å²) in [5.41, 5.74) is 6.17. The van der Waals surface area contributed by atoms with Gasteiger partial charge in [-0.15, -0.1) is 11.3 Å². The van der Waals surface area contributed by atoms with Gasteiger partial charge in [0.05, 0.1) is 13.4 Å². The smallest absolute Gasteiger partial charge is 0.349 e. The Balaban J connectivity index is 1.96. The summed E-state index contributed by atoms with van der Waals surface area (Å²) in [6.45, 7) is 0. The third-order valence-electron chi connectivity index (χ3n) is 3.67. The van der Waals surface area contributed by atoms with Crippen molar-refractivity contribution in [3.63, 3.8) is 0 Å². The normalized spacial score (nSPS) is 11.7. The molecule has 12 heteroatoms. The molecule has 0 aliphatic heterocycles.